The third kappa shape index (κ3) is 3.21. The first-order chi connectivity index (χ1) is 11.1. The van der Waals surface area contributed by atoms with Crippen LogP contribution in [0.3, 0.4) is 0 Å². The third-order valence-electron chi connectivity index (χ3n) is 4.32. The van der Waals surface area contributed by atoms with Crippen molar-refractivity contribution in [3.63, 3.8) is 0 Å². The van der Waals surface area contributed by atoms with Crippen molar-refractivity contribution < 1.29 is 9.21 Å². The molecule has 0 spiro atoms. The second-order valence-electron chi connectivity index (χ2n) is 6.14. The number of piperidine rings is 1. The van der Waals surface area contributed by atoms with Gasteiger partial charge in [-0.3, -0.25) is 9.78 Å². The highest BCUT2D eigenvalue weighted by molar-refractivity contribution is 5.79. The van der Waals surface area contributed by atoms with Crippen molar-refractivity contribution in [2.45, 2.75) is 19.8 Å². The van der Waals surface area contributed by atoms with Crippen LogP contribution < -0.4 is 4.90 Å². The Balaban J connectivity index is 1.78. The molecule has 1 aliphatic heterocycles. The van der Waals surface area contributed by atoms with E-state index in [1.807, 2.05) is 33.3 Å². The first-order valence-electron chi connectivity index (χ1n) is 7.89. The van der Waals surface area contributed by atoms with Crippen LogP contribution in [0.25, 0.3) is 11.3 Å². The molecule has 0 aromatic carbocycles. The van der Waals surface area contributed by atoms with E-state index < -0.39 is 0 Å². The molecule has 0 unspecified atom stereocenters. The minimum absolute atomic E-state index is 0.121. The normalized spacial score (nSPS) is 15.7. The predicted molar refractivity (Wildman–Crippen MR) is 88.1 cm³/mol. The van der Waals surface area contributed by atoms with E-state index in [1.165, 1.54) is 0 Å². The van der Waals surface area contributed by atoms with Gasteiger partial charge in [0.05, 0.1) is 11.9 Å². The SMILES string of the molecule is Cc1nc(-c2ccncc2N2CCC(C(=O)N(C)C)CC2)co1. The van der Waals surface area contributed by atoms with Gasteiger partial charge in [0.1, 0.15) is 12.0 Å². The molecule has 1 saturated heterocycles. The maximum atomic E-state index is 12.1. The van der Waals surface area contributed by atoms with Crippen LogP contribution in [-0.4, -0.2) is 48.0 Å². The highest BCUT2D eigenvalue weighted by Crippen LogP contribution is 2.32. The lowest BCUT2D eigenvalue weighted by Crippen LogP contribution is -2.40. The van der Waals surface area contributed by atoms with Crippen molar-refractivity contribution in [3.05, 3.63) is 30.6 Å². The van der Waals surface area contributed by atoms with Crippen LogP contribution in [-0.2, 0) is 4.79 Å². The number of carbonyl (C=O) groups is 1. The first-order valence-corrected chi connectivity index (χ1v) is 7.89. The van der Waals surface area contributed by atoms with Crippen molar-refractivity contribution in [1.29, 1.82) is 0 Å². The Morgan fingerprint density at radius 2 is 2.09 bits per heavy atom. The van der Waals surface area contributed by atoms with Gasteiger partial charge in [0, 0.05) is 51.8 Å². The fraction of sp³-hybridized carbons (Fsp3) is 0.471. The van der Waals surface area contributed by atoms with Crippen LogP contribution in [0.4, 0.5) is 5.69 Å². The zero-order valence-corrected chi connectivity index (χ0v) is 13.8. The molecule has 2 aromatic heterocycles. The van der Waals surface area contributed by atoms with Crippen LogP contribution in [0.5, 0.6) is 0 Å². The molecule has 23 heavy (non-hydrogen) atoms. The lowest BCUT2D eigenvalue weighted by atomic mass is 9.94. The highest BCUT2D eigenvalue weighted by Gasteiger charge is 2.27. The highest BCUT2D eigenvalue weighted by atomic mass is 16.3. The number of amides is 1. The zero-order chi connectivity index (χ0) is 16.4. The molecule has 0 saturated carbocycles. The molecule has 3 heterocycles. The summed E-state index contributed by atoms with van der Waals surface area (Å²) in [6.07, 6.45) is 7.04. The molecule has 0 radical (unpaired) electrons. The van der Waals surface area contributed by atoms with Crippen molar-refractivity contribution in [2.75, 3.05) is 32.1 Å². The number of rotatable bonds is 3. The monoisotopic (exact) mass is 314 g/mol. The first kappa shape index (κ1) is 15.5. The number of pyridine rings is 1. The van der Waals surface area contributed by atoms with E-state index >= 15 is 0 Å². The Labute approximate surface area is 136 Å². The lowest BCUT2D eigenvalue weighted by molar-refractivity contribution is -0.133. The van der Waals surface area contributed by atoms with E-state index in [9.17, 15) is 4.79 Å². The molecule has 6 heteroatoms. The average molecular weight is 314 g/mol. The van der Waals surface area contributed by atoms with Crippen LogP contribution in [0.2, 0.25) is 0 Å². The van der Waals surface area contributed by atoms with Crippen LogP contribution in [0.1, 0.15) is 18.7 Å². The largest absolute Gasteiger partial charge is 0.449 e. The van der Waals surface area contributed by atoms with E-state index in [0.29, 0.717) is 5.89 Å². The minimum atomic E-state index is 0.121. The molecule has 1 aliphatic rings. The molecular formula is C17H22N4O2. The molecule has 0 aliphatic carbocycles. The number of aromatic nitrogens is 2. The van der Waals surface area contributed by atoms with Crippen molar-refractivity contribution in [3.8, 4) is 11.3 Å². The topological polar surface area (TPSA) is 62.5 Å². The van der Waals surface area contributed by atoms with Crippen LogP contribution >= 0.6 is 0 Å². The van der Waals surface area contributed by atoms with Gasteiger partial charge in [-0.15, -0.1) is 0 Å². The molecule has 3 rings (SSSR count). The number of oxazole rings is 1. The van der Waals surface area contributed by atoms with E-state index in [2.05, 4.69) is 14.9 Å². The van der Waals surface area contributed by atoms with Gasteiger partial charge < -0.3 is 14.2 Å². The summed E-state index contributed by atoms with van der Waals surface area (Å²) in [5, 5.41) is 0. The number of anilines is 1. The summed E-state index contributed by atoms with van der Waals surface area (Å²) in [7, 11) is 3.64. The standard InChI is InChI=1S/C17H22N4O2/c1-12-19-15(11-23-12)14-4-7-18-10-16(14)21-8-5-13(6-9-21)17(22)20(2)3/h4,7,10-11,13H,5-6,8-9H2,1-3H3. The lowest BCUT2D eigenvalue weighted by Gasteiger charge is -2.34. The zero-order valence-electron chi connectivity index (χ0n) is 13.8. The fourth-order valence-electron chi connectivity index (χ4n) is 3.07. The van der Waals surface area contributed by atoms with Crippen molar-refractivity contribution >= 4 is 11.6 Å². The van der Waals surface area contributed by atoms with Crippen molar-refractivity contribution in [1.82, 2.24) is 14.9 Å². The molecule has 0 atom stereocenters. The quantitative estimate of drug-likeness (QED) is 0.870. The number of carbonyl (C=O) groups excluding carboxylic acids is 1. The van der Waals surface area contributed by atoms with Gasteiger partial charge in [-0.05, 0) is 18.9 Å². The van der Waals surface area contributed by atoms with Gasteiger partial charge >= 0.3 is 0 Å². The molecule has 6 nitrogen and oxygen atoms in total. The van der Waals surface area contributed by atoms with E-state index in [-0.39, 0.29) is 11.8 Å². The maximum Gasteiger partial charge on any atom is 0.225 e. The van der Waals surface area contributed by atoms with Gasteiger partial charge in [0.25, 0.3) is 0 Å². The molecular weight excluding hydrogens is 292 g/mol. The molecule has 0 bridgehead atoms. The number of hydrogen-bond donors (Lipinski definition) is 0. The minimum Gasteiger partial charge on any atom is -0.449 e. The Morgan fingerprint density at radius 3 is 2.70 bits per heavy atom. The smallest absolute Gasteiger partial charge is 0.225 e. The van der Waals surface area contributed by atoms with Gasteiger partial charge in [0.15, 0.2) is 5.89 Å². The Hall–Kier alpha value is -2.37. The predicted octanol–water partition coefficient (Wildman–Crippen LogP) is 2.35. The van der Waals surface area contributed by atoms with Gasteiger partial charge in [-0.2, -0.15) is 0 Å². The number of aryl methyl sites for hydroxylation is 1. The molecule has 0 N–H and O–H groups in total. The summed E-state index contributed by atoms with van der Waals surface area (Å²) in [5.74, 6) is 0.997. The summed E-state index contributed by atoms with van der Waals surface area (Å²) < 4.78 is 5.34. The summed E-state index contributed by atoms with van der Waals surface area (Å²) in [6.45, 7) is 3.53. The number of nitrogens with zero attached hydrogens (tertiary/aromatic N) is 4. The van der Waals surface area contributed by atoms with Crippen LogP contribution in [0, 0.1) is 12.8 Å². The average Bonchev–Trinajstić information content (AvgIpc) is 3.00. The molecule has 1 fully saturated rings. The summed E-state index contributed by atoms with van der Waals surface area (Å²) >= 11 is 0. The Kier molecular flexibility index (Phi) is 4.32. The van der Waals surface area contributed by atoms with E-state index in [4.69, 9.17) is 4.42 Å². The molecule has 122 valence electrons. The van der Waals surface area contributed by atoms with Crippen LogP contribution in [0.15, 0.2) is 29.1 Å². The van der Waals surface area contributed by atoms with Gasteiger partial charge in [0.2, 0.25) is 5.91 Å². The molecule has 1 amide bonds. The summed E-state index contributed by atoms with van der Waals surface area (Å²) in [5.41, 5.74) is 2.90. The Morgan fingerprint density at radius 1 is 1.35 bits per heavy atom. The van der Waals surface area contributed by atoms with Gasteiger partial charge in [-0.1, -0.05) is 0 Å². The second-order valence-corrected chi connectivity index (χ2v) is 6.14. The summed E-state index contributed by atoms with van der Waals surface area (Å²) in [6, 6.07) is 1.96. The number of hydrogen-bond acceptors (Lipinski definition) is 5. The van der Waals surface area contributed by atoms with Gasteiger partial charge in [-0.25, -0.2) is 4.98 Å². The molecule has 2 aromatic rings. The summed E-state index contributed by atoms with van der Waals surface area (Å²) in [4.78, 5) is 24.8. The second kappa shape index (κ2) is 6.40. The Bertz CT molecular complexity index is 687. The van der Waals surface area contributed by atoms with Crippen molar-refractivity contribution in [2.24, 2.45) is 5.92 Å². The maximum absolute atomic E-state index is 12.1. The van der Waals surface area contributed by atoms with E-state index in [0.717, 1.165) is 42.9 Å². The fourth-order valence-corrected chi connectivity index (χ4v) is 3.07. The van der Waals surface area contributed by atoms with E-state index in [1.54, 1.807) is 17.4 Å². The third-order valence-corrected chi connectivity index (χ3v) is 4.32.